The molecule has 1 aliphatic heterocycles. The molecule has 1 atom stereocenters. The first-order valence-corrected chi connectivity index (χ1v) is 11.3. The number of rotatable bonds is 6. The lowest BCUT2D eigenvalue weighted by Crippen LogP contribution is -2.33. The topological polar surface area (TPSA) is 80.1 Å². The molecular weight excluding hydrogens is 362 g/mol. The second kappa shape index (κ2) is 8.08. The van der Waals surface area contributed by atoms with E-state index in [2.05, 4.69) is 55.6 Å². The lowest BCUT2D eigenvalue weighted by Gasteiger charge is -2.22. The van der Waals surface area contributed by atoms with Gasteiger partial charge in [0.2, 0.25) is 10.0 Å². The first-order chi connectivity index (χ1) is 12.7. The SMILES string of the molecule is Cc1ccc(CN2CCc3nnc(C(NS(C)(=O)=O)C(C)C)n3CC2)cc1. The van der Waals surface area contributed by atoms with E-state index in [9.17, 15) is 8.42 Å². The van der Waals surface area contributed by atoms with E-state index in [0.29, 0.717) is 5.82 Å². The summed E-state index contributed by atoms with van der Waals surface area (Å²) in [6, 6.07) is 8.27. The molecule has 2 aromatic rings. The van der Waals surface area contributed by atoms with Gasteiger partial charge in [0.05, 0.1) is 12.3 Å². The quantitative estimate of drug-likeness (QED) is 0.813. The van der Waals surface area contributed by atoms with Gasteiger partial charge in [0.15, 0.2) is 5.82 Å². The average Bonchev–Trinajstić information content (AvgIpc) is 2.88. The Kier molecular flexibility index (Phi) is 5.98. The van der Waals surface area contributed by atoms with Crippen molar-refractivity contribution in [2.45, 2.75) is 46.3 Å². The van der Waals surface area contributed by atoms with Crippen molar-refractivity contribution in [2.24, 2.45) is 5.92 Å². The number of hydrogen-bond donors (Lipinski definition) is 1. The number of sulfonamides is 1. The molecule has 148 valence electrons. The molecular formula is C19H29N5O2S. The zero-order valence-corrected chi connectivity index (χ0v) is 17.3. The van der Waals surface area contributed by atoms with Gasteiger partial charge in [0, 0.05) is 32.6 Å². The maximum absolute atomic E-state index is 11.8. The van der Waals surface area contributed by atoms with E-state index in [1.165, 1.54) is 17.4 Å². The summed E-state index contributed by atoms with van der Waals surface area (Å²) >= 11 is 0. The van der Waals surface area contributed by atoms with Crippen LogP contribution < -0.4 is 4.72 Å². The third kappa shape index (κ3) is 5.15. The van der Waals surface area contributed by atoms with Crippen molar-refractivity contribution in [3.63, 3.8) is 0 Å². The zero-order valence-electron chi connectivity index (χ0n) is 16.5. The number of nitrogens with one attached hydrogen (secondary N) is 1. The Balaban J connectivity index is 1.75. The van der Waals surface area contributed by atoms with Crippen LogP contribution in [0.3, 0.4) is 0 Å². The average molecular weight is 392 g/mol. The molecule has 0 aliphatic carbocycles. The van der Waals surface area contributed by atoms with Gasteiger partial charge in [-0.25, -0.2) is 13.1 Å². The summed E-state index contributed by atoms with van der Waals surface area (Å²) in [5.74, 6) is 1.72. The molecule has 27 heavy (non-hydrogen) atoms. The van der Waals surface area contributed by atoms with Gasteiger partial charge in [-0.3, -0.25) is 4.90 Å². The molecule has 1 aromatic carbocycles. The molecule has 1 unspecified atom stereocenters. The Hall–Kier alpha value is -1.77. The second-order valence-electron chi connectivity index (χ2n) is 7.75. The highest BCUT2D eigenvalue weighted by Crippen LogP contribution is 2.23. The smallest absolute Gasteiger partial charge is 0.209 e. The molecule has 1 aromatic heterocycles. The van der Waals surface area contributed by atoms with Crippen LogP contribution in [0.1, 0.15) is 42.7 Å². The summed E-state index contributed by atoms with van der Waals surface area (Å²) in [4.78, 5) is 2.41. The van der Waals surface area contributed by atoms with Crippen LogP contribution in [0.15, 0.2) is 24.3 Å². The van der Waals surface area contributed by atoms with Crippen LogP contribution in [0, 0.1) is 12.8 Å². The highest BCUT2D eigenvalue weighted by molar-refractivity contribution is 7.88. The van der Waals surface area contributed by atoms with Crippen molar-refractivity contribution in [3.8, 4) is 0 Å². The molecule has 3 rings (SSSR count). The molecule has 0 radical (unpaired) electrons. The number of aromatic nitrogens is 3. The van der Waals surface area contributed by atoms with Crippen molar-refractivity contribution in [3.05, 3.63) is 47.0 Å². The molecule has 1 N–H and O–H groups in total. The van der Waals surface area contributed by atoms with Crippen molar-refractivity contribution in [1.82, 2.24) is 24.4 Å². The van der Waals surface area contributed by atoms with Gasteiger partial charge < -0.3 is 4.57 Å². The largest absolute Gasteiger partial charge is 0.312 e. The highest BCUT2D eigenvalue weighted by Gasteiger charge is 2.28. The molecule has 0 bridgehead atoms. The molecule has 2 heterocycles. The van der Waals surface area contributed by atoms with Crippen molar-refractivity contribution < 1.29 is 8.42 Å². The van der Waals surface area contributed by atoms with Gasteiger partial charge >= 0.3 is 0 Å². The van der Waals surface area contributed by atoms with Crippen LogP contribution in [0.5, 0.6) is 0 Å². The van der Waals surface area contributed by atoms with Crippen LogP contribution >= 0.6 is 0 Å². The minimum absolute atomic E-state index is 0.0833. The fourth-order valence-electron chi connectivity index (χ4n) is 3.45. The van der Waals surface area contributed by atoms with Crippen LogP contribution in [0.25, 0.3) is 0 Å². The summed E-state index contributed by atoms with van der Waals surface area (Å²) in [5.41, 5.74) is 2.57. The molecule has 8 heteroatoms. The lowest BCUT2D eigenvalue weighted by atomic mass is 10.1. The maximum Gasteiger partial charge on any atom is 0.209 e. The molecule has 0 fully saturated rings. The highest BCUT2D eigenvalue weighted by atomic mass is 32.2. The Morgan fingerprint density at radius 1 is 1.11 bits per heavy atom. The Morgan fingerprint density at radius 2 is 1.81 bits per heavy atom. The van der Waals surface area contributed by atoms with Crippen molar-refractivity contribution in [1.29, 1.82) is 0 Å². The third-order valence-electron chi connectivity index (χ3n) is 4.96. The van der Waals surface area contributed by atoms with E-state index in [1.807, 2.05) is 13.8 Å². The Bertz CT molecular complexity index is 874. The first-order valence-electron chi connectivity index (χ1n) is 9.40. The second-order valence-corrected chi connectivity index (χ2v) is 9.53. The van der Waals surface area contributed by atoms with Crippen LogP contribution in [0.2, 0.25) is 0 Å². The van der Waals surface area contributed by atoms with E-state index in [0.717, 1.165) is 38.4 Å². The number of fused-ring (bicyclic) bond motifs is 1. The summed E-state index contributed by atoms with van der Waals surface area (Å²) in [6.45, 7) is 9.54. The normalized spacial score (nSPS) is 16.9. The number of benzene rings is 1. The third-order valence-corrected chi connectivity index (χ3v) is 5.64. The number of nitrogens with zero attached hydrogens (tertiary/aromatic N) is 4. The van der Waals surface area contributed by atoms with E-state index in [4.69, 9.17) is 0 Å². The summed E-state index contributed by atoms with van der Waals surface area (Å²) < 4.78 is 28.4. The lowest BCUT2D eigenvalue weighted by molar-refractivity contribution is 0.269. The zero-order chi connectivity index (χ0) is 19.6. The van der Waals surface area contributed by atoms with E-state index in [1.54, 1.807) is 0 Å². The van der Waals surface area contributed by atoms with Crippen LogP contribution in [-0.2, 0) is 29.5 Å². The Morgan fingerprint density at radius 3 is 2.44 bits per heavy atom. The fourth-order valence-corrected chi connectivity index (χ4v) is 4.29. The fraction of sp³-hybridized carbons (Fsp3) is 0.579. The van der Waals surface area contributed by atoms with Gasteiger partial charge in [-0.2, -0.15) is 0 Å². The van der Waals surface area contributed by atoms with Crippen LogP contribution in [0.4, 0.5) is 0 Å². The minimum atomic E-state index is -3.33. The first kappa shape index (κ1) is 20.0. The monoisotopic (exact) mass is 391 g/mol. The molecule has 0 saturated carbocycles. The molecule has 0 spiro atoms. The summed E-state index contributed by atoms with van der Waals surface area (Å²) in [7, 11) is -3.33. The number of aryl methyl sites for hydroxylation is 1. The van der Waals surface area contributed by atoms with Crippen molar-refractivity contribution in [2.75, 3.05) is 19.3 Å². The van der Waals surface area contributed by atoms with Crippen molar-refractivity contribution >= 4 is 10.0 Å². The maximum atomic E-state index is 11.8. The summed E-state index contributed by atoms with van der Waals surface area (Å²) in [5, 5.41) is 8.69. The standard InChI is InChI=1S/C19H29N5O2S/c1-14(2)18(22-27(4,25)26)19-21-20-17-9-10-23(11-12-24(17)19)13-16-7-5-15(3)6-8-16/h5-8,14,18,22H,9-13H2,1-4H3. The van der Waals surface area contributed by atoms with Gasteiger partial charge in [-0.05, 0) is 18.4 Å². The Labute approximate surface area is 161 Å². The van der Waals surface area contributed by atoms with E-state index in [-0.39, 0.29) is 12.0 Å². The molecule has 0 amide bonds. The molecule has 0 saturated heterocycles. The predicted molar refractivity (Wildman–Crippen MR) is 106 cm³/mol. The minimum Gasteiger partial charge on any atom is -0.312 e. The molecule has 1 aliphatic rings. The summed E-state index contributed by atoms with van der Waals surface area (Å²) in [6.07, 6.45) is 1.99. The van der Waals surface area contributed by atoms with Crippen LogP contribution in [-0.4, -0.2) is 47.4 Å². The van der Waals surface area contributed by atoms with Gasteiger partial charge in [-0.15, -0.1) is 10.2 Å². The number of hydrogen-bond acceptors (Lipinski definition) is 5. The van der Waals surface area contributed by atoms with Gasteiger partial charge in [0.25, 0.3) is 0 Å². The van der Waals surface area contributed by atoms with E-state index >= 15 is 0 Å². The molecule has 7 nitrogen and oxygen atoms in total. The van der Waals surface area contributed by atoms with Gasteiger partial charge in [-0.1, -0.05) is 43.7 Å². The van der Waals surface area contributed by atoms with Gasteiger partial charge in [0.1, 0.15) is 5.82 Å². The van der Waals surface area contributed by atoms with E-state index < -0.39 is 10.0 Å². The predicted octanol–water partition coefficient (Wildman–Crippen LogP) is 1.89.